The predicted molar refractivity (Wildman–Crippen MR) is 254 cm³/mol. The van der Waals surface area contributed by atoms with E-state index in [0.29, 0.717) is 17.5 Å². The molecule has 0 saturated carbocycles. The fourth-order valence-corrected chi connectivity index (χ4v) is 9.18. The quantitative estimate of drug-likeness (QED) is 0.0911. The maximum atomic E-state index is 5.12. The number of rotatable bonds is 12. The molecule has 6 nitrogen and oxygen atoms in total. The number of thiazole rings is 2. The standard InChI is InChI=1S/C48H40B2N6S2/c1-7-18-36-37(27-31(8-2)47-51-39-23-16-17-24-41(39)57-47)30(4)56(43(36)50-6)35(9-3)29-38(49-5)48-52-40-26-25-34(28-42(40)58-48)46-54-44(32-19-12-10-13-20-32)53-45(55-46)33-21-14-11-15-22-33/h7-29,50H,2-3H2,1,4-6H3/b18-7-,31-27+,35-29+. The van der Waals surface area contributed by atoms with Gasteiger partial charge in [-0.1, -0.05) is 24.3 Å². The molecule has 0 spiro atoms. The third-order valence-corrected chi connectivity index (χ3v) is 12.2. The Kier molecular flexibility index (Phi) is 11.3. The number of hydrogen-bond acceptors (Lipinski definition) is 7. The summed E-state index contributed by atoms with van der Waals surface area (Å²) in [6.07, 6.45) is 12.6. The summed E-state index contributed by atoms with van der Waals surface area (Å²) in [5.74, 6) is 1.88. The van der Waals surface area contributed by atoms with Crippen LogP contribution in [0.5, 0.6) is 0 Å². The van der Waals surface area contributed by atoms with Crippen LogP contribution in [0.4, 0.5) is 0 Å². The Bertz CT molecular complexity index is 2860. The first-order chi connectivity index (χ1) is 28.4. The summed E-state index contributed by atoms with van der Waals surface area (Å²) in [5.41, 5.74) is 12.3. The molecule has 58 heavy (non-hydrogen) atoms. The molecule has 8 rings (SSSR count). The van der Waals surface area contributed by atoms with Crippen LogP contribution in [0.3, 0.4) is 0 Å². The summed E-state index contributed by atoms with van der Waals surface area (Å²) < 4.78 is 4.53. The van der Waals surface area contributed by atoms with Gasteiger partial charge in [-0.3, -0.25) is 0 Å². The van der Waals surface area contributed by atoms with Crippen molar-refractivity contribution in [2.45, 2.75) is 27.5 Å². The van der Waals surface area contributed by atoms with Gasteiger partial charge in [-0.05, 0) is 0 Å². The second-order valence-electron chi connectivity index (χ2n) is 13.6. The van der Waals surface area contributed by atoms with Gasteiger partial charge in [0.15, 0.2) is 0 Å². The number of aromatic nitrogens is 6. The van der Waals surface area contributed by atoms with Gasteiger partial charge in [0.1, 0.15) is 0 Å². The third-order valence-electron chi connectivity index (χ3n) is 10.00. The number of para-hydroxylation sites is 1. The molecule has 0 aliphatic rings. The molecule has 280 valence electrons. The Morgan fingerprint density at radius 3 is 1.90 bits per heavy atom. The fraction of sp³-hybridized carbons (Fsp3) is 0.0833. The summed E-state index contributed by atoms with van der Waals surface area (Å²) in [5, 5.41) is 1.87. The van der Waals surface area contributed by atoms with Crippen LogP contribution in [0.2, 0.25) is 13.6 Å². The summed E-state index contributed by atoms with van der Waals surface area (Å²) in [6, 6.07) is 34.6. The van der Waals surface area contributed by atoms with E-state index < -0.39 is 0 Å². The maximum absolute atomic E-state index is 5.12. The summed E-state index contributed by atoms with van der Waals surface area (Å²) in [4.78, 5) is 24.8. The van der Waals surface area contributed by atoms with Crippen LogP contribution in [0.1, 0.15) is 33.8 Å². The van der Waals surface area contributed by atoms with Crippen molar-refractivity contribution in [3.05, 3.63) is 167 Å². The van der Waals surface area contributed by atoms with Gasteiger partial charge in [-0.25, -0.2) is 0 Å². The average molecular weight is 787 g/mol. The molecule has 0 bridgehead atoms. The predicted octanol–water partition coefficient (Wildman–Crippen LogP) is 11.1. The van der Waals surface area contributed by atoms with Crippen LogP contribution in [0.25, 0.3) is 78.0 Å². The van der Waals surface area contributed by atoms with Gasteiger partial charge in [0, 0.05) is 0 Å². The van der Waals surface area contributed by atoms with Gasteiger partial charge in [0.25, 0.3) is 0 Å². The molecule has 0 radical (unpaired) electrons. The first-order valence-electron chi connectivity index (χ1n) is 19.3. The molecule has 4 aromatic heterocycles. The number of fused-ring (bicyclic) bond motifs is 2. The van der Waals surface area contributed by atoms with Crippen LogP contribution in [-0.4, -0.2) is 49.2 Å². The number of hydrogen-bond donors (Lipinski definition) is 0. The van der Waals surface area contributed by atoms with E-state index in [9.17, 15) is 0 Å². The minimum absolute atomic E-state index is 0.615. The van der Waals surface area contributed by atoms with Gasteiger partial charge in [0.2, 0.25) is 0 Å². The van der Waals surface area contributed by atoms with Crippen molar-refractivity contribution in [2.24, 2.45) is 0 Å². The van der Waals surface area contributed by atoms with Gasteiger partial charge < -0.3 is 0 Å². The van der Waals surface area contributed by atoms with Crippen LogP contribution in [0.15, 0.2) is 141 Å². The zero-order chi connectivity index (χ0) is 40.2. The summed E-state index contributed by atoms with van der Waals surface area (Å²) >= 11 is 3.34. The topological polar surface area (TPSA) is 69.4 Å². The molecule has 0 fully saturated rings. The fourth-order valence-electron chi connectivity index (χ4n) is 7.15. The zero-order valence-corrected chi connectivity index (χ0v) is 34.6. The molecular formula is C48H40B2N6S2. The normalized spacial score (nSPS) is 12.4. The van der Waals surface area contributed by atoms with Gasteiger partial charge in [-0.15, -0.1) is 0 Å². The van der Waals surface area contributed by atoms with E-state index in [1.54, 1.807) is 22.7 Å². The molecule has 0 unspecified atom stereocenters. The molecule has 4 aromatic carbocycles. The minimum atomic E-state index is 0.615. The van der Waals surface area contributed by atoms with Crippen LogP contribution in [0, 0.1) is 6.92 Å². The Morgan fingerprint density at radius 1 is 0.690 bits per heavy atom. The van der Waals surface area contributed by atoms with Crippen LogP contribution in [-0.2, 0) is 0 Å². The molecule has 0 N–H and O–H groups in total. The van der Waals surface area contributed by atoms with E-state index in [2.05, 4.69) is 107 Å². The monoisotopic (exact) mass is 786 g/mol. The Balaban J connectivity index is 1.18. The van der Waals surface area contributed by atoms with E-state index >= 15 is 0 Å². The van der Waals surface area contributed by atoms with Gasteiger partial charge >= 0.3 is 326 Å². The second-order valence-corrected chi connectivity index (χ2v) is 15.7. The van der Waals surface area contributed by atoms with Crippen molar-refractivity contribution in [1.29, 1.82) is 0 Å². The van der Waals surface area contributed by atoms with Crippen molar-refractivity contribution in [3.8, 4) is 34.2 Å². The number of allylic oxidation sites excluding steroid dienone is 6. The van der Waals surface area contributed by atoms with Crippen molar-refractivity contribution in [1.82, 2.24) is 29.5 Å². The molecule has 0 atom stereocenters. The Hall–Kier alpha value is -6.35. The molecule has 4 heterocycles. The number of benzene rings is 4. The van der Waals surface area contributed by atoms with Crippen molar-refractivity contribution in [3.63, 3.8) is 0 Å². The molecule has 10 heteroatoms. The average Bonchev–Trinajstić information content (AvgIpc) is 3.97. The second kappa shape index (κ2) is 17.0. The number of nitrogens with zero attached hydrogens (tertiary/aromatic N) is 6. The molecular weight excluding hydrogens is 746 g/mol. The van der Waals surface area contributed by atoms with Crippen molar-refractivity contribution in [2.75, 3.05) is 0 Å². The molecule has 8 aromatic rings. The Morgan fingerprint density at radius 2 is 1.29 bits per heavy atom. The summed E-state index contributed by atoms with van der Waals surface area (Å²) in [7, 11) is 0.828. The molecule has 0 aliphatic carbocycles. The van der Waals surface area contributed by atoms with E-state index in [-0.39, 0.29) is 0 Å². The summed E-state index contributed by atoms with van der Waals surface area (Å²) in [6.45, 7) is 19.1. The van der Waals surface area contributed by atoms with Crippen molar-refractivity contribution >= 4 is 91.8 Å². The van der Waals surface area contributed by atoms with E-state index in [1.165, 1.54) is 11.2 Å². The molecule has 0 aliphatic heterocycles. The third kappa shape index (κ3) is 7.56. The van der Waals surface area contributed by atoms with Crippen molar-refractivity contribution < 1.29 is 0 Å². The zero-order valence-electron chi connectivity index (χ0n) is 33.0. The van der Waals surface area contributed by atoms with Crippen LogP contribution >= 0.6 is 22.7 Å². The van der Waals surface area contributed by atoms with E-state index in [0.717, 1.165) is 82.4 Å². The first-order valence-corrected chi connectivity index (χ1v) is 20.9. The SMILES string of the molecule is C=C/C(=C\c1c(/C=C\C)c(BC)n(/C(C=C)=C/C(=B\C)c2nc3ccc(-c4nc(-c5ccccc5)nc(-c5ccccc5)n4)cc3s2)c1C)c1nc2ccccc2s1. The van der Waals surface area contributed by atoms with E-state index in [4.69, 9.17) is 24.9 Å². The Labute approximate surface area is 348 Å². The van der Waals surface area contributed by atoms with Gasteiger partial charge in [-0.2, -0.15) is 0 Å². The van der Waals surface area contributed by atoms with E-state index in [1.807, 2.05) is 84.9 Å². The first kappa shape index (κ1) is 38.5. The molecule has 0 saturated heterocycles. The molecule has 0 amide bonds. The van der Waals surface area contributed by atoms with Gasteiger partial charge in [0.05, 0.1) is 0 Å². The van der Waals surface area contributed by atoms with Crippen LogP contribution < -0.4 is 5.59 Å².